The number of carboxylic acids is 1. The Bertz CT molecular complexity index is 1860. The van der Waals surface area contributed by atoms with E-state index in [0.717, 1.165) is 0 Å². The summed E-state index contributed by atoms with van der Waals surface area (Å²) in [4.78, 5) is 143. The maximum Gasteiger partial charge on any atom is 0.326 e. The monoisotopic (exact) mass is 1050 g/mol. The normalized spacial score (nSPS) is 16.0. The lowest BCUT2D eigenvalue weighted by molar-refractivity contribution is -0.143. The predicted molar refractivity (Wildman–Crippen MR) is 267 cm³/mol. The van der Waals surface area contributed by atoms with Gasteiger partial charge in [0.05, 0.1) is 25.2 Å². The summed E-state index contributed by atoms with van der Waals surface area (Å²) in [7, 11) is 0. The molecule has 27 heteroatoms. The Morgan fingerprint density at radius 3 is 1.28 bits per heavy atom. The van der Waals surface area contributed by atoms with Crippen molar-refractivity contribution in [1.29, 1.82) is 0 Å². The summed E-state index contributed by atoms with van der Waals surface area (Å²) in [6.07, 6.45) is -0.976. The Morgan fingerprint density at radius 1 is 0.500 bits per heavy atom. The average molecular weight is 1050 g/mol. The molecule has 11 atom stereocenters. The predicted octanol–water partition coefficient (Wildman–Crippen LogP) is -4.51. The number of carboxylic acid groups (broad SMARTS) is 1. The van der Waals surface area contributed by atoms with E-state index in [1.807, 2.05) is 0 Å². The van der Waals surface area contributed by atoms with Crippen LogP contribution in [0, 0.1) is 23.7 Å². The van der Waals surface area contributed by atoms with Gasteiger partial charge < -0.3 is 80.4 Å². The summed E-state index contributed by atoms with van der Waals surface area (Å²) in [5, 5.41) is 52.5. The Morgan fingerprint density at radius 2 is 0.889 bits per heavy atom. The van der Waals surface area contributed by atoms with Gasteiger partial charge in [-0.3, -0.25) is 47.9 Å². The first-order valence-corrected chi connectivity index (χ1v) is 24.7. The Labute approximate surface area is 426 Å². The molecule has 0 aliphatic carbocycles. The van der Waals surface area contributed by atoms with Gasteiger partial charge in [-0.25, -0.2) is 4.79 Å². The maximum absolute atomic E-state index is 13.8. The smallest absolute Gasteiger partial charge is 0.326 e. The first-order valence-electron chi connectivity index (χ1n) is 24.0. The number of aliphatic hydroxyl groups excluding tert-OH is 2. The van der Waals surface area contributed by atoms with Gasteiger partial charge in [0.15, 0.2) is 0 Å². The number of carbonyl (C=O) groups is 11. The highest BCUT2D eigenvalue weighted by Crippen LogP contribution is 2.12. The molecule has 0 radical (unpaired) electrons. The minimum absolute atomic E-state index is 0.0512. The number of nitrogens with one attached hydrogen (secondary N) is 9. The third-order valence-electron chi connectivity index (χ3n) is 10.9. The lowest BCUT2D eigenvalue weighted by Crippen LogP contribution is -2.63. The zero-order valence-corrected chi connectivity index (χ0v) is 43.9. The Kier molecular flexibility index (Phi) is 30.6. The molecule has 0 fully saturated rings. The van der Waals surface area contributed by atoms with E-state index in [1.165, 1.54) is 13.8 Å². The van der Waals surface area contributed by atoms with Crippen LogP contribution in [0.25, 0.3) is 0 Å². The molecule has 412 valence electrons. The van der Waals surface area contributed by atoms with Crippen molar-refractivity contribution in [3.8, 4) is 0 Å². The fourth-order valence-corrected chi connectivity index (χ4v) is 7.09. The molecule has 0 spiro atoms. The highest BCUT2D eigenvalue weighted by molar-refractivity contribution is 7.80. The van der Waals surface area contributed by atoms with Gasteiger partial charge in [0.2, 0.25) is 59.1 Å². The zero-order valence-electron chi connectivity index (χ0n) is 43.0. The second-order valence-electron chi connectivity index (χ2n) is 19.2. The standard InChI is InChI=1S/C45H82N12O14S/c1-20(2)15-28(38(63)56-34(23(7)8)42(67)50-27(45(70)71)13-11-12-14-46)52-41(66)31(19-72)54-44(69)35(25(10)59)57-39(64)29(16-21(3)4)51-40(65)30(18-58)53-43(68)33(22(5)6)55-36(61)24(9)49-37(62)26(47)17-32(48)60/h20-31,33-35,58-59,72H,11-19,46-47H2,1-10H3,(H2,48,60)(H,49,62)(H,50,67)(H,51,65)(H,52,66)(H,53,68)(H,54,69)(H,55,61)(H,56,63)(H,57,64)(H,70,71)/t24-,25+,26-,27-,28-,29-,30-,31-,33-,34-,35-/m0/s1. The number of amides is 10. The number of unbranched alkanes of at least 4 members (excludes halogenated alkanes) is 1. The van der Waals surface area contributed by atoms with Crippen LogP contribution in [0.3, 0.4) is 0 Å². The lowest BCUT2D eigenvalue weighted by Gasteiger charge is -2.29. The van der Waals surface area contributed by atoms with Crippen molar-refractivity contribution in [2.24, 2.45) is 40.9 Å². The minimum Gasteiger partial charge on any atom is -0.480 e. The van der Waals surface area contributed by atoms with Crippen molar-refractivity contribution in [3.05, 3.63) is 0 Å². The summed E-state index contributed by atoms with van der Waals surface area (Å²) in [6, 6.07) is -13.9. The summed E-state index contributed by atoms with van der Waals surface area (Å²) in [5.74, 6) is -12.1. The van der Waals surface area contributed by atoms with Gasteiger partial charge in [-0.15, -0.1) is 0 Å². The molecule has 0 heterocycles. The van der Waals surface area contributed by atoms with E-state index in [2.05, 4.69) is 60.5 Å². The molecule has 0 aliphatic rings. The zero-order chi connectivity index (χ0) is 55.7. The van der Waals surface area contributed by atoms with Crippen LogP contribution >= 0.6 is 12.6 Å². The van der Waals surface area contributed by atoms with E-state index < -0.39 is 156 Å². The van der Waals surface area contributed by atoms with Crippen LogP contribution in [0.4, 0.5) is 0 Å². The molecular formula is C45H82N12O14S. The van der Waals surface area contributed by atoms with Gasteiger partial charge in [0.25, 0.3) is 0 Å². The topological polar surface area (TPSA) is 435 Å². The Hall–Kier alpha value is -5.64. The third kappa shape index (κ3) is 24.2. The number of hydrogen-bond donors (Lipinski definition) is 16. The van der Waals surface area contributed by atoms with Crippen LogP contribution in [-0.2, 0) is 52.7 Å². The third-order valence-corrected chi connectivity index (χ3v) is 11.3. The number of primary amides is 1. The van der Waals surface area contributed by atoms with Gasteiger partial charge in [0, 0.05) is 5.75 Å². The highest BCUT2D eigenvalue weighted by Gasteiger charge is 2.37. The minimum atomic E-state index is -1.74. The molecule has 0 aliphatic heterocycles. The lowest BCUT2D eigenvalue weighted by atomic mass is 9.99. The molecule has 0 aromatic heterocycles. The maximum atomic E-state index is 13.8. The summed E-state index contributed by atoms with van der Waals surface area (Å²) < 4.78 is 0. The van der Waals surface area contributed by atoms with Crippen LogP contribution in [0.15, 0.2) is 0 Å². The number of nitrogens with two attached hydrogens (primary N) is 3. The van der Waals surface area contributed by atoms with Gasteiger partial charge in [0.1, 0.15) is 54.4 Å². The van der Waals surface area contributed by atoms with Crippen molar-refractivity contribution in [2.45, 2.75) is 174 Å². The van der Waals surface area contributed by atoms with Crippen molar-refractivity contribution in [1.82, 2.24) is 47.9 Å². The Balaban J connectivity index is 6.16. The molecule has 0 saturated heterocycles. The largest absolute Gasteiger partial charge is 0.480 e. The number of aliphatic carboxylic acids is 1. The fourth-order valence-electron chi connectivity index (χ4n) is 6.83. The molecule has 0 unspecified atom stereocenters. The van der Waals surface area contributed by atoms with Gasteiger partial charge in [-0.05, 0) is 76.2 Å². The second kappa shape index (κ2) is 33.2. The number of hydrogen-bond acceptors (Lipinski definition) is 16. The molecule has 10 amide bonds. The molecule has 18 N–H and O–H groups in total. The summed E-state index contributed by atoms with van der Waals surface area (Å²) in [6.45, 7) is 15.2. The SMILES string of the molecule is CC(C)C[C@H](NC(=O)[C@H](CS)NC(=O)[C@@H](NC(=O)[C@H](CC(C)C)NC(=O)[C@H](CO)NC(=O)[C@@H](NC(=O)[C@H](C)NC(=O)[C@@H](N)CC(N)=O)C(C)C)[C@@H](C)O)C(=O)N[C@H](C(=O)N[C@@H](CCCCN)C(=O)O)C(C)C. The highest BCUT2D eigenvalue weighted by atomic mass is 32.1. The quantitative estimate of drug-likeness (QED) is 0.0213. The van der Waals surface area contributed by atoms with E-state index in [0.29, 0.717) is 19.4 Å². The molecule has 0 aromatic rings. The van der Waals surface area contributed by atoms with E-state index >= 15 is 0 Å². The number of carbonyl (C=O) groups excluding carboxylic acids is 10. The van der Waals surface area contributed by atoms with Crippen LogP contribution in [0.2, 0.25) is 0 Å². The number of thiol groups is 1. The van der Waals surface area contributed by atoms with Gasteiger partial charge >= 0.3 is 5.97 Å². The van der Waals surface area contributed by atoms with E-state index in [-0.39, 0.29) is 36.9 Å². The molecule has 0 aromatic carbocycles. The number of aliphatic hydroxyl groups is 2. The molecule has 0 saturated carbocycles. The first kappa shape index (κ1) is 66.4. The first-order chi connectivity index (χ1) is 33.4. The van der Waals surface area contributed by atoms with Crippen molar-refractivity contribution in [3.63, 3.8) is 0 Å². The number of rotatable bonds is 34. The molecular weight excluding hydrogens is 965 g/mol. The van der Waals surface area contributed by atoms with Crippen LogP contribution in [0.5, 0.6) is 0 Å². The van der Waals surface area contributed by atoms with Crippen LogP contribution < -0.4 is 65.1 Å². The molecule has 0 bridgehead atoms. The summed E-state index contributed by atoms with van der Waals surface area (Å²) >= 11 is 4.20. The van der Waals surface area contributed by atoms with Crippen molar-refractivity contribution < 1.29 is 68.1 Å². The van der Waals surface area contributed by atoms with Gasteiger partial charge in [-0.1, -0.05) is 55.4 Å². The summed E-state index contributed by atoms with van der Waals surface area (Å²) in [5.41, 5.74) is 16.2. The average Bonchev–Trinajstić information content (AvgIpc) is 3.27. The molecule has 26 nitrogen and oxygen atoms in total. The van der Waals surface area contributed by atoms with Crippen molar-refractivity contribution >= 4 is 77.7 Å². The van der Waals surface area contributed by atoms with Crippen LogP contribution in [0.1, 0.15) is 108 Å². The molecule has 0 rings (SSSR count). The van der Waals surface area contributed by atoms with E-state index in [1.54, 1.807) is 55.4 Å². The van der Waals surface area contributed by atoms with Crippen molar-refractivity contribution in [2.75, 3.05) is 18.9 Å². The molecule has 72 heavy (non-hydrogen) atoms. The van der Waals surface area contributed by atoms with E-state index in [9.17, 15) is 68.1 Å². The van der Waals surface area contributed by atoms with E-state index in [4.69, 9.17) is 17.2 Å². The van der Waals surface area contributed by atoms with Gasteiger partial charge in [-0.2, -0.15) is 12.6 Å². The second-order valence-corrected chi connectivity index (χ2v) is 19.6. The van der Waals surface area contributed by atoms with Crippen LogP contribution in [-0.4, -0.2) is 166 Å². The fraction of sp³-hybridized carbons (Fsp3) is 0.756.